The molecular formula is C14H12Br2FNO. The van der Waals surface area contributed by atoms with Crippen molar-refractivity contribution in [1.29, 1.82) is 0 Å². The molecule has 0 heterocycles. The van der Waals surface area contributed by atoms with Gasteiger partial charge in [0.2, 0.25) is 0 Å². The van der Waals surface area contributed by atoms with Gasteiger partial charge < -0.3 is 10.5 Å². The van der Waals surface area contributed by atoms with Crippen LogP contribution >= 0.6 is 31.9 Å². The standard InChI is InChI=1S/C14H12Br2FNO/c15-10-3-4-13(12(17)7-10)19-14-8-11(16)2-1-9(14)5-6-18/h1-4,7-8H,5-6,18H2. The highest BCUT2D eigenvalue weighted by Gasteiger charge is 2.09. The molecule has 0 spiro atoms. The normalized spacial score (nSPS) is 10.5. The zero-order valence-electron chi connectivity index (χ0n) is 10.00. The van der Waals surface area contributed by atoms with Gasteiger partial charge in [-0.25, -0.2) is 4.39 Å². The van der Waals surface area contributed by atoms with Crippen LogP contribution in [0, 0.1) is 5.82 Å². The van der Waals surface area contributed by atoms with Crippen LogP contribution in [0.15, 0.2) is 45.3 Å². The van der Waals surface area contributed by atoms with E-state index in [0.717, 1.165) is 10.0 Å². The highest BCUT2D eigenvalue weighted by Crippen LogP contribution is 2.31. The lowest BCUT2D eigenvalue weighted by atomic mass is 10.1. The predicted molar refractivity (Wildman–Crippen MR) is 81.1 cm³/mol. The zero-order valence-corrected chi connectivity index (χ0v) is 13.2. The number of hydrogen-bond acceptors (Lipinski definition) is 2. The Morgan fingerprint density at radius 1 is 1.00 bits per heavy atom. The number of rotatable bonds is 4. The number of nitrogens with two attached hydrogens (primary N) is 1. The Balaban J connectivity index is 2.33. The van der Waals surface area contributed by atoms with Crippen molar-refractivity contribution in [1.82, 2.24) is 0 Å². The SMILES string of the molecule is NCCc1ccc(Br)cc1Oc1ccc(Br)cc1F. The van der Waals surface area contributed by atoms with Crippen LogP contribution in [0.4, 0.5) is 4.39 Å². The predicted octanol–water partition coefficient (Wildman–Crippen LogP) is 4.64. The highest BCUT2D eigenvalue weighted by atomic mass is 79.9. The monoisotopic (exact) mass is 387 g/mol. The summed E-state index contributed by atoms with van der Waals surface area (Å²) in [5, 5.41) is 0. The Morgan fingerprint density at radius 2 is 1.68 bits per heavy atom. The maximum Gasteiger partial charge on any atom is 0.166 e. The van der Waals surface area contributed by atoms with Crippen molar-refractivity contribution in [3.05, 3.63) is 56.7 Å². The Bertz CT molecular complexity index is 590. The van der Waals surface area contributed by atoms with Crippen LogP contribution < -0.4 is 10.5 Å². The average molecular weight is 389 g/mol. The van der Waals surface area contributed by atoms with E-state index in [1.54, 1.807) is 12.1 Å². The first kappa shape index (κ1) is 14.5. The minimum atomic E-state index is -0.409. The Labute approximate surface area is 128 Å². The highest BCUT2D eigenvalue weighted by molar-refractivity contribution is 9.10. The largest absolute Gasteiger partial charge is 0.454 e. The molecule has 5 heteroatoms. The number of hydrogen-bond donors (Lipinski definition) is 1. The smallest absolute Gasteiger partial charge is 0.166 e. The van der Waals surface area contributed by atoms with E-state index in [0.29, 0.717) is 23.2 Å². The molecule has 0 unspecified atom stereocenters. The van der Waals surface area contributed by atoms with Crippen molar-refractivity contribution in [2.45, 2.75) is 6.42 Å². The summed E-state index contributed by atoms with van der Waals surface area (Å²) in [6, 6.07) is 10.3. The van der Waals surface area contributed by atoms with Gasteiger partial charge in [0.15, 0.2) is 11.6 Å². The van der Waals surface area contributed by atoms with Crippen LogP contribution in [0.3, 0.4) is 0 Å². The Morgan fingerprint density at radius 3 is 2.37 bits per heavy atom. The lowest BCUT2D eigenvalue weighted by molar-refractivity contribution is 0.437. The maximum atomic E-state index is 13.8. The molecular weight excluding hydrogens is 377 g/mol. The van der Waals surface area contributed by atoms with Crippen molar-refractivity contribution in [2.75, 3.05) is 6.54 Å². The van der Waals surface area contributed by atoms with Gasteiger partial charge in [-0.3, -0.25) is 0 Å². The van der Waals surface area contributed by atoms with Crippen molar-refractivity contribution in [3.63, 3.8) is 0 Å². The minimum absolute atomic E-state index is 0.194. The second-order valence-electron chi connectivity index (χ2n) is 3.97. The van der Waals surface area contributed by atoms with E-state index in [4.69, 9.17) is 10.5 Å². The second kappa shape index (κ2) is 6.50. The first-order valence-corrected chi connectivity index (χ1v) is 7.30. The van der Waals surface area contributed by atoms with Crippen molar-refractivity contribution in [2.24, 2.45) is 5.73 Å². The first-order valence-electron chi connectivity index (χ1n) is 5.71. The van der Waals surface area contributed by atoms with Crippen LogP contribution in [0.2, 0.25) is 0 Å². The summed E-state index contributed by atoms with van der Waals surface area (Å²) in [6.07, 6.45) is 0.681. The van der Waals surface area contributed by atoms with Gasteiger partial charge in [-0.1, -0.05) is 37.9 Å². The van der Waals surface area contributed by atoms with Crippen LogP contribution in [-0.2, 0) is 6.42 Å². The topological polar surface area (TPSA) is 35.2 Å². The van der Waals surface area contributed by atoms with E-state index < -0.39 is 5.82 Å². The molecule has 0 aliphatic rings. The summed E-state index contributed by atoms with van der Waals surface area (Å²) in [6.45, 7) is 0.515. The van der Waals surface area contributed by atoms with Crippen LogP contribution in [0.1, 0.15) is 5.56 Å². The molecule has 0 saturated heterocycles. The van der Waals surface area contributed by atoms with Crippen molar-refractivity contribution < 1.29 is 9.13 Å². The first-order chi connectivity index (χ1) is 9.10. The zero-order chi connectivity index (χ0) is 13.8. The molecule has 0 aromatic heterocycles. The van der Waals surface area contributed by atoms with E-state index in [1.165, 1.54) is 6.07 Å². The van der Waals surface area contributed by atoms with Gasteiger partial charge >= 0.3 is 0 Å². The molecule has 2 aromatic carbocycles. The van der Waals surface area contributed by atoms with E-state index >= 15 is 0 Å². The molecule has 2 rings (SSSR count). The van der Waals surface area contributed by atoms with Gasteiger partial charge in [0, 0.05) is 8.95 Å². The minimum Gasteiger partial charge on any atom is -0.454 e. The second-order valence-corrected chi connectivity index (χ2v) is 5.80. The van der Waals surface area contributed by atoms with Crippen LogP contribution in [-0.4, -0.2) is 6.54 Å². The van der Waals surface area contributed by atoms with Gasteiger partial charge in [0.05, 0.1) is 0 Å². The number of ether oxygens (including phenoxy) is 1. The number of benzene rings is 2. The quantitative estimate of drug-likeness (QED) is 0.827. The van der Waals surface area contributed by atoms with Crippen molar-refractivity contribution in [3.8, 4) is 11.5 Å². The molecule has 19 heavy (non-hydrogen) atoms. The summed E-state index contributed by atoms with van der Waals surface area (Å²) in [5.74, 6) is 0.397. The molecule has 100 valence electrons. The fourth-order valence-electron chi connectivity index (χ4n) is 1.66. The third-order valence-electron chi connectivity index (χ3n) is 2.56. The van der Waals surface area contributed by atoms with Gasteiger partial charge in [-0.05, 0) is 48.9 Å². The van der Waals surface area contributed by atoms with Crippen molar-refractivity contribution >= 4 is 31.9 Å². The third kappa shape index (κ3) is 3.78. The van der Waals surface area contributed by atoms with Gasteiger partial charge in [-0.2, -0.15) is 0 Å². The van der Waals surface area contributed by atoms with Gasteiger partial charge in [-0.15, -0.1) is 0 Å². The number of halogens is 3. The summed E-state index contributed by atoms with van der Waals surface area (Å²) in [4.78, 5) is 0. The molecule has 0 saturated carbocycles. The average Bonchev–Trinajstić information content (AvgIpc) is 2.36. The molecule has 0 fully saturated rings. The molecule has 2 aromatic rings. The molecule has 0 radical (unpaired) electrons. The molecule has 2 N–H and O–H groups in total. The summed E-state index contributed by atoms with van der Waals surface area (Å²) in [7, 11) is 0. The van der Waals surface area contributed by atoms with Crippen LogP contribution in [0.25, 0.3) is 0 Å². The fraction of sp³-hybridized carbons (Fsp3) is 0.143. The molecule has 0 amide bonds. The lowest BCUT2D eigenvalue weighted by Gasteiger charge is -2.12. The van der Waals surface area contributed by atoms with E-state index in [1.807, 2.05) is 18.2 Å². The Hall–Kier alpha value is -0.910. The summed E-state index contributed by atoms with van der Waals surface area (Å²) >= 11 is 6.59. The molecule has 0 atom stereocenters. The summed E-state index contributed by atoms with van der Waals surface area (Å²) < 4.78 is 21.0. The summed E-state index contributed by atoms with van der Waals surface area (Å²) in [5.41, 5.74) is 6.51. The van der Waals surface area contributed by atoms with Gasteiger partial charge in [0.1, 0.15) is 5.75 Å². The maximum absolute atomic E-state index is 13.8. The van der Waals surface area contributed by atoms with Gasteiger partial charge in [0.25, 0.3) is 0 Å². The molecule has 0 aliphatic heterocycles. The van der Waals surface area contributed by atoms with E-state index in [9.17, 15) is 4.39 Å². The molecule has 0 bridgehead atoms. The molecule has 2 nitrogen and oxygen atoms in total. The Kier molecular flexibility index (Phi) is 4.96. The third-order valence-corrected chi connectivity index (χ3v) is 3.54. The van der Waals surface area contributed by atoms with Crippen LogP contribution in [0.5, 0.6) is 11.5 Å². The fourth-order valence-corrected chi connectivity index (χ4v) is 2.34. The lowest BCUT2D eigenvalue weighted by Crippen LogP contribution is -2.04. The van der Waals surface area contributed by atoms with E-state index in [-0.39, 0.29) is 5.75 Å². The van der Waals surface area contributed by atoms with E-state index in [2.05, 4.69) is 31.9 Å². The molecule has 0 aliphatic carbocycles.